The van der Waals surface area contributed by atoms with Gasteiger partial charge in [-0.25, -0.2) is 4.79 Å². The molecule has 0 aliphatic carbocycles. The molecule has 0 aliphatic heterocycles. The van der Waals surface area contributed by atoms with Crippen LogP contribution in [-0.2, 0) is 11.2 Å². The maximum atomic E-state index is 10.7. The SMILES string of the molecule is CCOC(=O)Oc1nc(CC)no1. The fourth-order valence-corrected chi connectivity index (χ4v) is 0.642. The van der Waals surface area contributed by atoms with Crippen molar-refractivity contribution in [1.29, 1.82) is 0 Å². The standard InChI is InChI=1S/C7H10N2O4/c1-3-5-8-6(13-9-5)12-7(10)11-4-2/h3-4H2,1-2H3. The lowest BCUT2D eigenvalue weighted by atomic mass is 10.5. The Hall–Kier alpha value is -1.59. The van der Waals surface area contributed by atoms with E-state index in [0.29, 0.717) is 12.2 Å². The molecule has 13 heavy (non-hydrogen) atoms. The number of carbonyl (C=O) groups excluding carboxylic acids is 1. The summed E-state index contributed by atoms with van der Waals surface area (Å²) in [5.41, 5.74) is 0. The molecule has 0 aliphatic rings. The lowest BCUT2D eigenvalue weighted by molar-refractivity contribution is 0.0892. The number of nitrogens with zero attached hydrogens (tertiary/aromatic N) is 2. The molecule has 0 spiro atoms. The molecule has 0 bridgehead atoms. The fourth-order valence-electron chi connectivity index (χ4n) is 0.642. The molecule has 72 valence electrons. The first-order valence-corrected chi connectivity index (χ1v) is 3.93. The summed E-state index contributed by atoms with van der Waals surface area (Å²) >= 11 is 0. The van der Waals surface area contributed by atoms with E-state index in [1.165, 1.54) is 0 Å². The lowest BCUT2D eigenvalue weighted by Crippen LogP contribution is -2.10. The minimum atomic E-state index is -0.839. The summed E-state index contributed by atoms with van der Waals surface area (Å²) in [7, 11) is 0. The first kappa shape index (κ1) is 9.50. The van der Waals surface area contributed by atoms with Crippen molar-refractivity contribution in [1.82, 2.24) is 10.1 Å². The Bertz CT molecular complexity index is 284. The Kier molecular flexibility index (Phi) is 3.24. The van der Waals surface area contributed by atoms with Gasteiger partial charge in [0.25, 0.3) is 0 Å². The summed E-state index contributed by atoms with van der Waals surface area (Å²) < 4.78 is 13.6. The van der Waals surface area contributed by atoms with Crippen LogP contribution in [0.15, 0.2) is 4.52 Å². The molecule has 0 saturated heterocycles. The van der Waals surface area contributed by atoms with Gasteiger partial charge >= 0.3 is 12.2 Å². The number of rotatable bonds is 3. The summed E-state index contributed by atoms with van der Waals surface area (Å²) in [5.74, 6) is 0.485. The minimum absolute atomic E-state index is 0.185. The Morgan fingerprint density at radius 3 is 2.85 bits per heavy atom. The van der Waals surface area contributed by atoms with Crippen LogP contribution in [0, 0.1) is 0 Å². The van der Waals surface area contributed by atoms with Gasteiger partial charge in [-0.2, -0.15) is 4.98 Å². The van der Waals surface area contributed by atoms with Gasteiger partial charge < -0.3 is 9.47 Å². The van der Waals surface area contributed by atoms with Gasteiger partial charge in [-0.05, 0) is 6.92 Å². The predicted molar refractivity (Wildman–Crippen MR) is 41.3 cm³/mol. The number of ether oxygens (including phenoxy) is 2. The van der Waals surface area contributed by atoms with Crippen LogP contribution < -0.4 is 4.74 Å². The van der Waals surface area contributed by atoms with Gasteiger partial charge in [0.15, 0.2) is 5.82 Å². The second-order valence-corrected chi connectivity index (χ2v) is 2.12. The Morgan fingerprint density at radius 1 is 1.54 bits per heavy atom. The van der Waals surface area contributed by atoms with Crippen molar-refractivity contribution in [2.24, 2.45) is 0 Å². The zero-order chi connectivity index (χ0) is 9.68. The molecule has 0 saturated carbocycles. The quantitative estimate of drug-likeness (QED) is 0.659. The van der Waals surface area contributed by atoms with E-state index in [2.05, 4.69) is 24.1 Å². The van der Waals surface area contributed by atoms with Crippen LogP contribution in [-0.4, -0.2) is 22.9 Å². The molecule has 1 aromatic rings. The molecule has 0 unspecified atom stereocenters. The van der Waals surface area contributed by atoms with Crippen LogP contribution in [0.5, 0.6) is 6.08 Å². The van der Waals surface area contributed by atoms with Crippen molar-refractivity contribution in [3.05, 3.63) is 5.82 Å². The van der Waals surface area contributed by atoms with Crippen molar-refractivity contribution < 1.29 is 18.8 Å². The highest BCUT2D eigenvalue weighted by Crippen LogP contribution is 2.07. The van der Waals surface area contributed by atoms with Crippen LogP contribution in [0.3, 0.4) is 0 Å². The van der Waals surface area contributed by atoms with E-state index in [0.717, 1.165) is 0 Å². The Morgan fingerprint density at radius 2 is 2.31 bits per heavy atom. The van der Waals surface area contributed by atoms with Crippen molar-refractivity contribution in [2.75, 3.05) is 6.61 Å². The molecular formula is C7H10N2O4. The highest BCUT2D eigenvalue weighted by molar-refractivity contribution is 5.62. The van der Waals surface area contributed by atoms with Gasteiger partial charge in [-0.1, -0.05) is 12.1 Å². The molecular weight excluding hydrogens is 176 g/mol. The summed E-state index contributed by atoms with van der Waals surface area (Å²) in [5, 5.41) is 3.53. The number of aryl methyl sites for hydroxylation is 1. The molecule has 0 atom stereocenters. The first-order chi connectivity index (χ1) is 6.26. The number of hydrogen-bond donors (Lipinski definition) is 0. The van der Waals surface area contributed by atoms with Crippen molar-refractivity contribution in [3.8, 4) is 6.08 Å². The third-order valence-electron chi connectivity index (χ3n) is 1.20. The highest BCUT2D eigenvalue weighted by Gasteiger charge is 2.11. The molecule has 0 amide bonds. The van der Waals surface area contributed by atoms with Crippen LogP contribution in [0.2, 0.25) is 0 Å². The molecule has 0 fully saturated rings. The lowest BCUT2D eigenvalue weighted by Gasteiger charge is -1.96. The van der Waals surface area contributed by atoms with Crippen LogP contribution >= 0.6 is 0 Å². The zero-order valence-corrected chi connectivity index (χ0v) is 7.44. The van der Waals surface area contributed by atoms with Gasteiger partial charge in [0, 0.05) is 6.42 Å². The van der Waals surface area contributed by atoms with Crippen LogP contribution in [0.1, 0.15) is 19.7 Å². The van der Waals surface area contributed by atoms with Gasteiger partial charge in [0.1, 0.15) is 0 Å². The number of aromatic nitrogens is 2. The molecule has 6 nitrogen and oxygen atoms in total. The Balaban J connectivity index is 2.49. The van der Waals surface area contributed by atoms with Gasteiger partial charge in [0.05, 0.1) is 6.61 Å². The predicted octanol–water partition coefficient (Wildman–Crippen LogP) is 1.17. The van der Waals surface area contributed by atoms with Gasteiger partial charge in [-0.15, -0.1) is 0 Å². The fraction of sp³-hybridized carbons (Fsp3) is 0.571. The summed E-state index contributed by atoms with van der Waals surface area (Å²) in [4.78, 5) is 14.5. The van der Waals surface area contributed by atoms with E-state index in [9.17, 15) is 4.79 Å². The van der Waals surface area contributed by atoms with E-state index in [1.54, 1.807) is 6.92 Å². The first-order valence-electron chi connectivity index (χ1n) is 3.93. The van der Waals surface area contributed by atoms with E-state index in [-0.39, 0.29) is 12.7 Å². The zero-order valence-electron chi connectivity index (χ0n) is 7.44. The summed E-state index contributed by atoms with van der Waals surface area (Å²) in [6.07, 6.45) is -0.403. The average Bonchev–Trinajstić information content (AvgIpc) is 2.52. The summed E-state index contributed by atoms with van der Waals surface area (Å²) in [6.45, 7) is 3.78. The molecule has 1 aromatic heterocycles. The number of carbonyl (C=O) groups is 1. The number of hydrogen-bond acceptors (Lipinski definition) is 6. The third-order valence-corrected chi connectivity index (χ3v) is 1.20. The second kappa shape index (κ2) is 4.44. The van der Waals surface area contributed by atoms with Crippen molar-refractivity contribution >= 4 is 6.16 Å². The average molecular weight is 186 g/mol. The normalized spacial score (nSPS) is 9.69. The van der Waals surface area contributed by atoms with Gasteiger partial charge in [-0.3, -0.25) is 4.52 Å². The van der Waals surface area contributed by atoms with E-state index < -0.39 is 6.16 Å². The van der Waals surface area contributed by atoms with Crippen LogP contribution in [0.25, 0.3) is 0 Å². The molecule has 6 heteroatoms. The van der Waals surface area contributed by atoms with Gasteiger partial charge in [0.2, 0.25) is 0 Å². The summed E-state index contributed by atoms with van der Waals surface area (Å²) in [6, 6.07) is 0. The smallest absolute Gasteiger partial charge is 0.434 e. The maximum absolute atomic E-state index is 10.7. The largest absolute Gasteiger partial charge is 0.517 e. The second-order valence-electron chi connectivity index (χ2n) is 2.12. The highest BCUT2D eigenvalue weighted by atomic mass is 16.8. The van der Waals surface area contributed by atoms with E-state index in [1.807, 2.05) is 6.92 Å². The molecule has 0 aromatic carbocycles. The van der Waals surface area contributed by atoms with E-state index >= 15 is 0 Å². The molecule has 1 rings (SSSR count). The van der Waals surface area contributed by atoms with Crippen molar-refractivity contribution in [2.45, 2.75) is 20.3 Å². The topological polar surface area (TPSA) is 74.5 Å². The molecule has 0 N–H and O–H groups in total. The van der Waals surface area contributed by atoms with Crippen LogP contribution in [0.4, 0.5) is 4.79 Å². The monoisotopic (exact) mass is 186 g/mol. The molecule has 0 radical (unpaired) electrons. The molecule has 1 heterocycles. The van der Waals surface area contributed by atoms with Crippen molar-refractivity contribution in [3.63, 3.8) is 0 Å². The van der Waals surface area contributed by atoms with E-state index in [4.69, 9.17) is 0 Å². The minimum Gasteiger partial charge on any atom is -0.434 e. The maximum Gasteiger partial charge on any atom is 0.517 e. The third kappa shape index (κ3) is 2.73. The Labute approximate surface area is 74.8 Å².